The molecule has 1 fully saturated rings. The van der Waals surface area contributed by atoms with E-state index in [0.717, 1.165) is 17.7 Å². The van der Waals surface area contributed by atoms with Crippen LogP contribution in [0.15, 0.2) is 59.5 Å². The minimum absolute atomic E-state index is 0.0557. The number of carbonyl (C=O) groups excluding carboxylic acids is 1. The van der Waals surface area contributed by atoms with Crippen LogP contribution >= 0.6 is 23.4 Å². The highest BCUT2D eigenvalue weighted by Gasteiger charge is 2.34. The second-order valence-corrected chi connectivity index (χ2v) is 7.60. The van der Waals surface area contributed by atoms with Gasteiger partial charge in [-0.1, -0.05) is 48.9 Å². The summed E-state index contributed by atoms with van der Waals surface area (Å²) in [5.41, 5.74) is 1.07. The number of amides is 1. The molecule has 3 rings (SSSR count). The Morgan fingerprint density at radius 2 is 1.92 bits per heavy atom. The lowest BCUT2D eigenvalue weighted by Gasteiger charge is -2.41. The molecular weight excluding hydrogens is 354 g/mol. The fourth-order valence-electron chi connectivity index (χ4n) is 3.09. The Labute approximate surface area is 158 Å². The average Bonchev–Trinajstić information content (AvgIpc) is 2.65. The first-order valence-corrected chi connectivity index (χ1v) is 9.87. The minimum Gasteiger partial charge on any atom is -0.369 e. The number of hydrogen-bond acceptors (Lipinski definition) is 3. The van der Waals surface area contributed by atoms with E-state index in [-0.39, 0.29) is 24.6 Å². The van der Waals surface area contributed by atoms with Crippen molar-refractivity contribution in [2.45, 2.75) is 30.3 Å². The summed E-state index contributed by atoms with van der Waals surface area (Å²) in [6.45, 7) is 2.83. The Hall–Kier alpha value is -1.49. The molecule has 1 amide bonds. The molecule has 0 spiro atoms. The van der Waals surface area contributed by atoms with E-state index >= 15 is 0 Å². The lowest BCUT2D eigenvalue weighted by atomic mass is 10.0. The second kappa shape index (κ2) is 8.75. The van der Waals surface area contributed by atoms with Crippen LogP contribution in [0.2, 0.25) is 5.02 Å². The number of hydrogen-bond donors (Lipinski definition) is 0. The van der Waals surface area contributed by atoms with E-state index < -0.39 is 0 Å². The lowest BCUT2D eigenvalue weighted by molar-refractivity contribution is -0.151. The van der Waals surface area contributed by atoms with E-state index in [1.807, 2.05) is 47.4 Å². The summed E-state index contributed by atoms with van der Waals surface area (Å²) in [7, 11) is 0. The quantitative estimate of drug-likeness (QED) is 0.678. The molecule has 0 aromatic heterocycles. The number of morpholine rings is 1. The van der Waals surface area contributed by atoms with Gasteiger partial charge in [-0.3, -0.25) is 4.79 Å². The Morgan fingerprint density at radius 1 is 1.20 bits per heavy atom. The van der Waals surface area contributed by atoms with E-state index in [1.54, 1.807) is 11.8 Å². The van der Waals surface area contributed by atoms with Gasteiger partial charge in [-0.25, -0.2) is 0 Å². The van der Waals surface area contributed by atoms with Gasteiger partial charge in [-0.2, -0.15) is 0 Å². The van der Waals surface area contributed by atoms with E-state index in [2.05, 4.69) is 19.1 Å². The molecule has 1 aliphatic heterocycles. The zero-order valence-corrected chi connectivity index (χ0v) is 15.8. The molecule has 0 unspecified atom stereocenters. The SMILES string of the molecule is CC[C@@H](CSc1ccccc1)N1C(=O)COC[C@H]1c1ccc(Cl)cc1. The van der Waals surface area contributed by atoms with Crippen LogP contribution in [0, 0.1) is 0 Å². The first-order chi connectivity index (χ1) is 12.2. The van der Waals surface area contributed by atoms with Gasteiger partial charge in [0.1, 0.15) is 6.61 Å². The monoisotopic (exact) mass is 375 g/mol. The van der Waals surface area contributed by atoms with Gasteiger partial charge in [0, 0.05) is 21.7 Å². The predicted molar refractivity (Wildman–Crippen MR) is 103 cm³/mol. The smallest absolute Gasteiger partial charge is 0.249 e. The lowest BCUT2D eigenvalue weighted by Crippen LogP contribution is -2.50. The normalized spacial score (nSPS) is 19.0. The third-order valence-corrected chi connectivity index (χ3v) is 5.84. The Bertz CT molecular complexity index is 693. The standard InChI is InChI=1S/C20H22ClNO2S/c1-2-17(14-25-18-6-4-3-5-7-18)22-19(12-24-13-20(22)23)15-8-10-16(21)11-9-15/h3-11,17,19H,2,12-14H2,1H3/t17-,19-/m0/s1. The fraction of sp³-hybridized carbons (Fsp3) is 0.350. The van der Waals surface area contributed by atoms with Crippen LogP contribution in [0.1, 0.15) is 24.9 Å². The molecule has 0 N–H and O–H groups in total. The molecule has 2 aromatic carbocycles. The van der Waals surface area contributed by atoms with Gasteiger partial charge in [0.2, 0.25) is 5.91 Å². The maximum atomic E-state index is 12.6. The summed E-state index contributed by atoms with van der Waals surface area (Å²) in [5.74, 6) is 0.933. The van der Waals surface area contributed by atoms with Crippen LogP contribution in [-0.4, -0.2) is 35.8 Å². The van der Waals surface area contributed by atoms with Gasteiger partial charge in [0.05, 0.1) is 12.6 Å². The van der Waals surface area contributed by atoms with Gasteiger partial charge >= 0.3 is 0 Å². The molecule has 132 valence electrons. The number of halogens is 1. The van der Waals surface area contributed by atoms with Crippen molar-refractivity contribution in [2.24, 2.45) is 0 Å². The van der Waals surface area contributed by atoms with Crippen molar-refractivity contribution >= 4 is 29.3 Å². The molecule has 0 saturated carbocycles. The third-order valence-electron chi connectivity index (χ3n) is 4.43. The highest BCUT2D eigenvalue weighted by Crippen LogP contribution is 2.31. The van der Waals surface area contributed by atoms with Crippen molar-refractivity contribution in [3.63, 3.8) is 0 Å². The topological polar surface area (TPSA) is 29.5 Å². The molecule has 3 nitrogen and oxygen atoms in total. The van der Waals surface area contributed by atoms with Crippen LogP contribution in [0.4, 0.5) is 0 Å². The molecule has 0 bridgehead atoms. The highest BCUT2D eigenvalue weighted by atomic mass is 35.5. The number of thioether (sulfide) groups is 1. The Morgan fingerprint density at radius 3 is 2.60 bits per heavy atom. The second-order valence-electron chi connectivity index (χ2n) is 6.07. The number of carbonyl (C=O) groups is 1. The summed E-state index contributed by atoms with van der Waals surface area (Å²) >= 11 is 7.80. The summed E-state index contributed by atoms with van der Waals surface area (Å²) in [6.07, 6.45) is 0.912. The average molecular weight is 376 g/mol. The van der Waals surface area contributed by atoms with E-state index in [9.17, 15) is 4.79 Å². The zero-order valence-electron chi connectivity index (χ0n) is 14.2. The summed E-state index contributed by atoms with van der Waals surface area (Å²) in [6, 6.07) is 18.1. The first kappa shape index (κ1) is 18.3. The first-order valence-electron chi connectivity index (χ1n) is 8.51. The minimum atomic E-state index is -0.0557. The zero-order chi connectivity index (χ0) is 17.6. The van der Waals surface area contributed by atoms with Crippen LogP contribution in [0.5, 0.6) is 0 Å². The van der Waals surface area contributed by atoms with E-state index in [4.69, 9.17) is 16.3 Å². The largest absolute Gasteiger partial charge is 0.369 e. The van der Waals surface area contributed by atoms with Gasteiger partial charge in [-0.15, -0.1) is 11.8 Å². The van der Waals surface area contributed by atoms with Crippen molar-refractivity contribution in [3.8, 4) is 0 Å². The number of rotatable bonds is 6. The van der Waals surface area contributed by atoms with Gasteiger partial charge in [0.25, 0.3) is 0 Å². The fourth-order valence-corrected chi connectivity index (χ4v) is 4.35. The van der Waals surface area contributed by atoms with Gasteiger partial charge < -0.3 is 9.64 Å². The van der Waals surface area contributed by atoms with E-state index in [0.29, 0.717) is 11.6 Å². The third kappa shape index (κ3) is 4.57. The van der Waals surface area contributed by atoms with Crippen LogP contribution < -0.4 is 0 Å². The van der Waals surface area contributed by atoms with Crippen LogP contribution in [0.25, 0.3) is 0 Å². The summed E-state index contributed by atoms with van der Waals surface area (Å²) in [5, 5.41) is 0.699. The molecule has 0 radical (unpaired) electrons. The molecule has 0 aliphatic carbocycles. The van der Waals surface area contributed by atoms with Crippen molar-refractivity contribution in [1.82, 2.24) is 4.90 Å². The number of ether oxygens (including phenoxy) is 1. The van der Waals surface area contributed by atoms with E-state index in [1.165, 1.54) is 4.90 Å². The maximum absolute atomic E-state index is 12.6. The molecule has 25 heavy (non-hydrogen) atoms. The molecule has 1 aliphatic rings. The van der Waals surface area contributed by atoms with Crippen LogP contribution in [-0.2, 0) is 9.53 Å². The Kier molecular flexibility index (Phi) is 6.40. The summed E-state index contributed by atoms with van der Waals surface area (Å²) in [4.78, 5) is 15.9. The molecule has 1 saturated heterocycles. The molecule has 2 aromatic rings. The highest BCUT2D eigenvalue weighted by molar-refractivity contribution is 7.99. The Balaban J connectivity index is 1.78. The van der Waals surface area contributed by atoms with Crippen molar-refractivity contribution in [3.05, 3.63) is 65.2 Å². The summed E-state index contributed by atoms with van der Waals surface area (Å²) < 4.78 is 5.54. The molecule has 2 atom stereocenters. The van der Waals surface area contributed by atoms with Crippen molar-refractivity contribution in [1.29, 1.82) is 0 Å². The molecule has 1 heterocycles. The molecular formula is C20H22ClNO2S. The van der Waals surface area contributed by atoms with Crippen molar-refractivity contribution < 1.29 is 9.53 Å². The van der Waals surface area contributed by atoms with Crippen LogP contribution in [0.3, 0.4) is 0 Å². The number of nitrogens with zero attached hydrogens (tertiary/aromatic N) is 1. The molecule has 5 heteroatoms. The number of benzene rings is 2. The van der Waals surface area contributed by atoms with Gasteiger partial charge in [0.15, 0.2) is 0 Å². The predicted octanol–water partition coefficient (Wildman–Crippen LogP) is 4.81. The van der Waals surface area contributed by atoms with Crippen molar-refractivity contribution in [2.75, 3.05) is 19.0 Å². The maximum Gasteiger partial charge on any atom is 0.249 e. The van der Waals surface area contributed by atoms with Gasteiger partial charge in [-0.05, 0) is 36.2 Å².